The molecule has 0 saturated carbocycles. The number of ether oxygens (including phenoxy) is 1. The third-order valence-corrected chi connectivity index (χ3v) is 5.44. The molecule has 0 unspecified atom stereocenters. The maximum absolute atomic E-state index is 6.17. The molecule has 3 rings (SSSR count). The molecule has 0 aromatic heterocycles. The second-order valence-corrected chi connectivity index (χ2v) is 8.20. The molecule has 1 heterocycles. The van der Waals surface area contributed by atoms with Crippen molar-refractivity contribution in [2.24, 2.45) is 0 Å². The van der Waals surface area contributed by atoms with Crippen molar-refractivity contribution in [3.8, 4) is 5.75 Å². The Balaban J connectivity index is 1.69. The third-order valence-electron chi connectivity index (χ3n) is 5.44. The third kappa shape index (κ3) is 4.28. The lowest BCUT2D eigenvalue weighted by Crippen LogP contribution is -2.41. The van der Waals surface area contributed by atoms with Gasteiger partial charge in [-0.15, -0.1) is 0 Å². The molecule has 27 heavy (non-hydrogen) atoms. The van der Waals surface area contributed by atoms with Crippen LogP contribution in [0.3, 0.4) is 0 Å². The van der Waals surface area contributed by atoms with E-state index in [9.17, 15) is 0 Å². The lowest BCUT2D eigenvalue weighted by Gasteiger charge is -2.32. The van der Waals surface area contributed by atoms with E-state index < -0.39 is 0 Å². The zero-order chi connectivity index (χ0) is 19.7. The summed E-state index contributed by atoms with van der Waals surface area (Å²) >= 11 is 0. The summed E-state index contributed by atoms with van der Waals surface area (Å²) in [4.78, 5) is 0. The van der Waals surface area contributed by atoms with Gasteiger partial charge in [0.2, 0.25) is 0 Å². The summed E-state index contributed by atoms with van der Waals surface area (Å²) in [6, 6.07) is 14.4. The Hall–Kier alpha value is -2.04. The quantitative estimate of drug-likeness (QED) is 0.720. The molecule has 1 fully saturated rings. The number of rotatable bonds is 5. The van der Waals surface area contributed by atoms with Crippen molar-refractivity contribution in [1.29, 1.82) is 0 Å². The average Bonchev–Trinajstić information content (AvgIpc) is 2.82. The summed E-state index contributed by atoms with van der Waals surface area (Å²) in [6.07, 6.45) is 4.11. The minimum atomic E-state index is -0.348. The molecule has 0 radical (unpaired) electrons. The highest BCUT2D eigenvalue weighted by atomic mass is 16.7. The van der Waals surface area contributed by atoms with Gasteiger partial charge < -0.3 is 14.0 Å². The van der Waals surface area contributed by atoms with Crippen LogP contribution in [0.2, 0.25) is 0 Å². The maximum atomic E-state index is 6.17. The molecule has 2 aromatic rings. The highest BCUT2D eigenvalue weighted by molar-refractivity contribution is 6.62. The first-order valence-electron chi connectivity index (χ1n) is 9.51. The Labute approximate surface area is 163 Å². The van der Waals surface area contributed by atoms with Crippen LogP contribution in [0.25, 0.3) is 6.08 Å². The summed E-state index contributed by atoms with van der Waals surface area (Å²) in [5.41, 5.74) is 3.72. The molecule has 0 bridgehead atoms. The van der Waals surface area contributed by atoms with E-state index in [0.29, 0.717) is 6.61 Å². The summed E-state index contributed by atoms with van der Waals surface area (Å²) in [5.74, 6) is 0.924. The van der Waals surface area contributed by atoms with Gasteiger partial charge in [-0.1, -0.05) is 48.5 Å². The summed E-state index contributed by atoms with van der Waals surface area (Å²) in [7, 11) is -0.348. The van der Waals surface area contributed by atoms with E-state index in [-0.39, 0.29) is 18.3 Å². The fraction of sp³-hybridized carbons (Fsp3) is 0.391. The minimum Gasteiger partial charge on any atom is -0.489 e. The molecule has 1 aliphatic rings. The van der Waals surface area contributed by atoms with E-state index in [0.717, 1.165) is 22.3 Å². The molecule has 142 valence electrons. The van der Waals surface area contributed by atoms with E-state index in [1.165, 1.54) is 5.56 Å². The predicted molar refractivity (Wildman–Crippen MR) is 113 cm³/mol. The summed E-state index contributed by atoms with van der Waals surface area (Å²) in [5, 5.41) is 0. The molecule has 1 saturated heterocycles. The Morgan fingerprint density at radius 2 is 1.48 bits per heavy atom. The van der Waals surface area contributed by atoms with Crippen molar-refractivity contribution >= 4 is 18.7 Å². The van der Waals surface area contributed by atoms with Crippen LogP contribution in [0.5, 0.6) is 5.75 Å². The van der Waals surface area contributed by atoms with Crippen LogP contribution >= 0.6 is 0 Å². The van der Waals surface area contributed by atoms with Crippen molar-refractivity contribution in [2.75, 3.05) is 6.61 Å². The van der Waals surface area contributed by atoms with Crippen molar-refractivity contribution < 1.29 is 14.0 Å². The fourth-order valence-corrected chi connectivity index (χ4v) is 3.21. The van der Waals surface area contributed by atoms with Crippen LogP contribution < -0.4 is 10.2 Å². The summed E-state index contributed by atoms with van der Waals surface area (Å²) in [6.45, 7) is 13.0. The second-order valence-electron chi connectivity index (χ2n) is 8.20. The fourth-order valence-electron chi connectivity index (χ4n) is 3.21. The SMILES string of the molecule is Cc1cc(B2OC(C)(C)C(C)(C)O2)cc(C)c1OC/C=C/c1ccccc1. The predicted octanol–water partition coefficient (Wildman–Crippen LogP) is 4.69. The van der Waals surface area contributed by atoms with Gasteiger partial charge >= 0.3 is 7.12 Å². The van der Waals surface area contributed by atoms with Gasteiger partial charge in [0.1, 0.15) is 12.4 Å². The lowest BCUT2D eigenvalue weighted by atomic mass is 9.77. The van der Waals surface area contributed by atoms with Gasteiger partial charge in [0.25, 0.3) is 0 Å². The minimum absolute atomic E-state index is 0.336. The molecule has 1 aliphatic heterocycles. The Kier molecular flexibility index (Phi) is 5.50. The maximum Gasteiger partial charge on any atom is 0.494 e. The van der Waals surface area contributed by atoms with Gasteiger partial charge in [0.15, 0.2) is 0 Å². The highest BCUT2D eigenvalue weighted by Gasteiger charge is 2.51. The summed E-state index contributed by atoms with van der Waals surface area (Å²) < 4.78 is 18.4. The number of aryl methyl sites for hydroxylation is 2. The Bertz CT molecular complexity index is 786. The molecule has 0 spiro atoms. The van der Waals surface area contributed by atoms with Crippen LogP contribution in [0.4, 0.5) is 0 Å². The van der Waals surface area contributed by atoms with Crippen LogP contribution in [-0.2, 0) is 9.31 Å². The standard InChI is InChI=1S/C23H29BO3/c1-17-15-20(24-26-22(3,4)23(5,6)27-24)16-18(2)21(17)25-14-10-13-19-11-8-7-9-12-19/h7-13,15-16H,14H2,1-6H3/b13-10+. The molecule has 0 N–H and O–H groups in total. The normalized spacial score (nSPS) is 18.2. The second kappa shape index (κ2) is 7.53. The molecule has 4 heteroatoms. The first-order chi connectivity index (χ1) is 12.7. The van der Waals surface area contributed by atoms with E-state index in [4.69, 9.17) is 14.0 Å². The van der Waals surface area contributed by atoms with Crippen LogP contribution in [0, 0.1) is 13.8 Å². The monoisotopic (exact) mass is 364 g/mol. The Morgan fingerprint density at radius 1 is 0.926 bits per heavy atom. The van der Waals surface area contributed by atoms with Gasteiger partial charge in [-0.05, 0) is 69.8 Å². The average molecular weight is 364 g/mol. The van der Waals surface area contributed by atoms with Gasteiger partial charge in [-0.2, -0.15) is 0 Å². The van der Waals surface area contributed by atoms with Gasteiger partial charge in [-0.3, -0.25) is 0 Å². The molecular weight excluding hydrogens is 335 g/mol. The first kappa shape index (κ1) is 19.7. The van der Waals surface area contributed by atoms with E-state index in [1.54, 1.807) is 0 Å². The first-order valence-corrected chi connectivity index (χ1v) is 9.51. The van der Waals surface area contributed by atoms with Crippen molar-refractivity contribution in [3.63, 3.8) is 0 Å². The smallest absolute Gasteiger partial charge is 0.489 e. The number of hydrogen-bond acceptors (Lipinski definition) is 3. The number of hydrogen-bond donors (Lipinski definition) is 0. The zero-order valence-electron chi connectivity index (χ0n) is 17.2. The van der Waals surface area contributed by atoms with Gasteiger partial charge in [0, 0.05) is 0 Å². The van der Waals surface area contributed by atoms with Gasteiger partial charge in [0.05, 0.1) is 11.2 Å². The highest BCUT2D eigenvalue weighted by Crippen LogP contribution is 2.37. The van der Waals surface area contributed by atoms with Crippen molar-refractivity contribution in [3.05, 3.63) is 65.2 Å². The molecule has 0 aliphatic carbocycles. The van der Waals surface area contributed by atoms with Crippen molar-refractivity contribution in [2.45, 2.75) is 52.7 Å². The molecular formula is C23H29BO3. The zero-order valence-corrected chi connectivity index (χ0v) is 17.2. The Morgan fingerprint density at radius 3 is 2.04 bits per heavy atom. The largest absolute Gasteiger partial charge is 0.494 e. The lowest BCUT2D eigenvalue weighted by molar-refractivity contribution is 0.00578. The van der Waals surface area contributed by atoms with Crippen LogP contribution in [0.15, 0.2) is 48.5 Å². The van der Waals surface area contributed by atoms with Gasteiger partial charge in [-0.25, -0.2) is 0 Å². The molecule has 0 amide bonds. The molecule has 0 atom stereocenters. The molecule has 3 nitrogen and oxygen atoms in total. The van der Waals surface area contributed by atoms with E-state index in [1.807, 2.05) is 24.3 Å². The number of benzene rings is 2. The topological polar surface area (TPSA) is 27.7 Å². The van der Waals surface area contributed by atoms with Crippen LogP contribution in [0.1, 0.15) is 44.4 Å². The van der Waals surface area contributed by atoms with Crippen LogP contribution in [-0.4, -0.2) is 24.9 Å². The molecule has 2 aromatic carbocycles. The van der Waals surface area contributed by atoms with Crippen molar-refractivity contribution in [1.82, 2.24) is 0 Å². The van der Waals surface area contributed by atoms with E-state index >= 15 is 0 Å². The van der Waals surface area contributed by atoms with E-state index in [2.05, 4.69) is 71.9 Å².